The maximum absolute atomic E-state index is 13.5. The van der Waals surface area contributed by atoms with Crippen molar-refractivity contribution in [2.45, 2.75) is 76.5 Å². The molecule has 0 bridgehead atoms. The molecule has 4 unspecified atom stereocenters. The van der Waals surface area contributed by atoms with E-state index in [1.807, 2.05) is 44.2 Å². The highest BCUT2D eigenvalue weighted by Crippen LogP contribution is 2.09. The second kappa shape index (κ2) is 16.2. The molecule has 0 saturated heterocycles. The number of rotatable bonds is 17. The molecule has 0 spiro atoms. The Balaban J connectivity index is 2.23. The minimum atomic E-state index is -1.17. The molecule has 12 heteroatoms. The number of aliphatic carboxylic acids is 1. The van der Waals surface area contributed by atoms with Crippen LogP contribution in [-0.4, -0.2) is 69.5 Å². The van der Waals surface area contributed by atoms with Gasteiger partial charge in [-0.15, -0.1) is 0 Å². The largest absolute Gasteiger partial charge is 0.480 e. The first-order valence-electron chi connectivity index (χ1n) is 13.2. The summed E-state index contributed by atoms with van der Waals surface area (Å²) in [6.07, 6.45) is 5.20. The van der Waals surface area contributed by atoms with Gasteiger partial charge in [0.15, 0.2) is 0 Å². The number of aromatic nitrogens is 2. The van der Waals surface area contributed by atoms with E-state index in [1.54, 1.807) is 0 Å². The second-order valence-corrected chi connectivity index (χ2v) is 10.0. The van der Waals surface area contributed by atoms with Crippen LogP contribution in [0.25, 0.3) is 0 Å². The Kier molecular flexibility index (Phi) is 13.1. The SMILES string of the molecule is CC(C)CC(NC(=O)C(Cc1cnc[nH]1)NC(=O)C(Cc1ccccc1)NC(=O)C(N)CCCCN)C(=O)O. The number of carboxylic acids is 1. The lowest BCUT2D eigenvalue weighted by Gasteiger charge is -2.25. The third-order valence-corrected chi connectivity index (χ3v) is 6.16. The van der Waals surface area contributed by atoms with Crippen molar-refractivity contribution in [2.75, 3.05) is 6.54 Å². The predicted octanol–water partition coefficient (Wildman–Crippen LogP) is 0.236. The molecule has 39 heavy (non-hydrogen) atoms. The molecule has 4 atom stereocenters. The Hall–Kier alpha value is -3.77. The first kappa shape index (κ1) is 31.4. The van der Waals surface area contributed by atoms with Crippen LogP contribution in [0.3, 0.4) is 0 Å². The Morgan fingerprint density at radius 2 is 1.54 bits per heavy atom. The van der Waals surface area contributed by atoms with Crippen LogP contribution >= 0.6 is 0 Å². The van der Waals surface area contributed by atoms with E-state index < -0.39 is 47.9 Å². The van der Waals surface area contributed by atoms with Gasteiger partial charge in [-0.3, -0.25) is 14.4 Å². The van der Waals surface area contributed by atoms with Crippen LogP contribution in [-0.2, 0) is 32.0 Å². The average Bonchev–Trinajstić information content (AvgIpc) is 3.41. The van der Waals surface area contributed by atoms with E-state index in [0.29, 0.717) is 25.1 Å². The van der Waals surface area contributed by atoms with Gasteiger partial charge in [-0.05, 0) is 37.3 Å². The fourth-order valence-electron chi connectivity index (χ4n) is 4.04. The molecule has 0 aliphatic heterocycles. The zero-order valence-corrected chi connectivity index (χ0v) is 22.6. The van der Waals surface area contributed by atoms with Crippen LogP contribution in [0, 0.1) is 5.92 Å². The molecule has 2 rings (SSSR count). The van der Waals surface area contributed by atoms with Crippen molar-refractivity contribution >= 4 is 23.7 Å². The quantitative estimate of drug-likeness (QED) is 0.137. The number of H-pyrrole nitrogens is 1. The maximum atomic E-state index is 13.5. The number of imidazole rings is 1. The lowest BCUT2D eigenvalue weighted by Crippen LogP contribution is -2.58. The summed E-state index contributed by atoms with van der Waals surface area (Å²) in [5, 5.41) is 17.6. The smallest absolute Gasteiger partial charge is 0.326 e. The molecule has 1 aromatic heterocycles. The van der Waals surface area contributed by atoms with Gasteiger partial charge in [0.1, 0.15) is 18.1 Å². The zero-order chi connectivity index (χ0) is 28.8. The standard InChI is InChI=1S/C27H41N7O5/c1-17(2)12-23(27(38)39)34-26(37)22(14-19-15-30-16-31-19)33-25(36)21(13-18-8-4-3-5-9-18)32-24(35)20(29)10-6-7-11-28/h3-5,8-9,15-17,20-23H,6-7,10-14,28-29H2,1-2H3,(H,30,31)(H,32,35)(H,33,36)(H,34,37)(H,38,39). The fourth-order valence-corrected chi connectivity index (χ4v) is 4.04. The van der Waals surface area contributed by atoms with Gasteiger partial charge < -0.3 is 37.5 Å². The average molecular weight is 544 g/mol. The van der Waals surface area contributed by atoms with E-state index in [9.17, 15) is 24.3 Å². The summed E-state index contributed by atoms with van der Waals surface area (Å²) < 4.78 is 0. The van der Waals surface area contributed by atoms with Crippen molar-refractivity contribution in [1.29, 1.82) is 0 Å². The van der Waals surface area contributed by atoms with Crippen molar-refractivity contribution < 1.29 is 24.3 Å². The number of nitrogens with zero attached hydrogens (tertiary/aromatic N) is 1. The summed E-state index contributed by atoms with van der Waals surface area (Å²) in [6.45, 7) is 4.19. The summed E-state index contributed by atoms with van der Waals surface area (Å²) in [4.78, 5) is 58.1. The van der Waals surface area contributed by atoms with E-state index in [-0.39, 0.29) is 25.2 Å². The molecule has 1 aromatic carbocycles. The number of amides is 3. The molecule has 0 fully saturated rings. The van der Waals surface area contributed by atoms with Crippen molar-refractivity contribution in [1.82, 2.24) is 25.9 Å². The Morgan fingerprint density at radius 1 is 0.923 bits per heavy atom. The number of unbranched alkanes of at least 4 members (excludes halogenated alkanes) is 1. The Labute approximate surface area is 228 Å². The van der Waals surface area contributed by atoms with Gasteiger partial charge in [0.2, 0.25) is 17.7 Å². The topological polar surface area (TPSA) is 205 Å². The molecular weight excluding hydrogens is 502 g/mol. The predicted molar refractivity (Wildman–Crippen MR) is 146 cm³/mol. The first-order chi connectivity index (χ1) is 18.6. The number of carbonyl (C=O) groups is 4. The van der Waals surface area contributed by atoms with Crippen molar-refractivity contribution in [2.24, 2.45) is 17.4 Å². The van der Waals surface area contributed by atoms with E-state index in [0.717, 1.165) is 12.0 Å². The number of hydrogen-bond acceptors (Lipinski definition) is 7. The molecule has 0 saturated carbocycles. The molecule has 0 radical (unpaired) electrons. The third-order valence-electron chi connectivity index (χ3n) is 6.16. The molecule has 0 aliphatic rings. The summed E-state index contributed by atoms with van der Waals surface area (Å²) in [5.74, 6) is -2.89. The van der Waals surface area contributed by atoms with Gasteiger partial charge in [0.25, 0.3) is 0 Å². The van der Waals surface area contributed by atoms with Gasteiger partial charge in [0, 0.05) is 24.7 Å². The van der Waals surface area contributed by atoms with Crippen molar-refractivity contribution in [3.63, 3.8) is 0 Å². The van der Waals surface area contributed by atoms with Crippen LogP contribution in [0.1, 0.15) is 50.8 Å². The molecule has 9 N–H and O–H groups in total. The van der Waals surface area contributed by atoms with E-state index >= 15 is 0 Å². The van der Waals surface area contributed by atoms with E-state index in [4.69, 9.17) is 11.5 Å². The molecule has 3 amide bonds. The first-order valence-corrected chi connectivity index (χ1v) is 13.2. The number of carbonyl (C=O) groups excluding carboxylic acids is 3. The summed E-state index contributed by atoms with van der Waals surface area (Å²) in [6, 6.07) is 5.04. The molecule has 1 heterocycles. The summed E-state index contributed by atoms with van der Waals surface area (Å²) in [5.41, 5.74) is 12.9. The lowest BCUT2D eigenvalue weighted by atomic mass is 10.0. The zero-order valence-electron chi connectivity index (χ0n) is 22.6. The fraction of sp³-hybridized carbons (Fsp3) is 0.519. The number of hydrogen-bond donors (Lipinski definition) is 7. The van der Waals surface area contributed by atoms with E-state index in [1.165, 1.54) is 12.5 Å². The number of benzene rings is 1. The van der Waals surface area contributed by atoms with Crippen molar-refractivity contribution in [3.05, 3.63) is 54.1 Å². The van der Waals surface area contributed by atoms with Gasteiger partial charge in [-0.2, -0.15) is 0 Å². The maximum Gasteiger partial charge on any atom is 0.326 e. The molecule has 2 aromatic rings. The third kappa shape index (κ3) is 11.2. The monoisotopic (exact) mass is 543 g/mol. The normalized spacial score (nSPS) is 14.2. The molecule has 12 nitrogen and oxygen atoms in total. The highest BCUT2D eigenvalue weighted by Gasteiger charge is 2.31. The minimum Gasteiger partial charge on any atom is -0.480 e. The van der Waals surface area contributed by atoms with Gasteiger partial charge in [-0.1, -0.05) is 50.6 Å². The van der Waals surface area contributed by atoms with Crippen LogP contribution in [0.4, 0.5) is 0 Å². The molecule has 0 aliphatic carbocycles. The van der Waals surface area contributed by atoms with Crippen LogP contribution in [0.2, 0.25) is 0 Å². The second-order valence-electron chi connectivity index (χ2n) is 10.0. The van der Waals surface area contributed by atoms with Gasteiger partial charge >= 0.3 is 5.97 Å². The number of nitrogens with two attached hydrogens (primary N) is 2. The van der Waals surface area contributed by atoms with Crippen LogP contribution < -0.4 is 27.4 Å². The van der Waals surface area contributed by atoms with Crippen LogP contribution in [0.5, 0.6) is 0 Å². The number of carboxylic acid groups (broad SMARTS) is 1. The number of aromatic amines is 1. The minimum absolute atomic E-state index is 0.0200. The van der Waals surface area contributed by atoms with E-state index in [2.05, 4.69) is 25.9 Å². The Bertz CT molecular complexity index is 1050. The highest BCUT2D eigenvalue weighted by atomic mass is 16.4. The Morgan fingerprint density at radius 3 is 2.10 bits per heavy atom. The summed E-state index contributed by atoms with van der Waals surface area (Å²) >= 11 is 0. The molecular formula is C27H41N7O5. The van der Waals surface area contributed by atoms with Crippen LogP contribution in [0.15, 0.2) is 42.9 Å². The molecule has 214 valence electrons. The lowest BCUT2D eigenvalue weighted by molar-refractivity contribution is -0.142. The van der Waals surface area contributed by atoms with Gasteiger partial charge in [0.05, 0.1) is 12.4 Å². The highest BCUT2D eigenvalue weighted by molar-refractivity contribution is 5.94. The summed E-state index contributed by atoms with van der Waals surface area (Å²) in [7, 11) is 0. The van der Waals surface area contributed by atoms with Gasteiger partial charge in [-0.25, -0.2) is 9.78 Å². The number of nitrogens with one attached hydrogen (secondary N) is 4. The van der Waals surface area contributed by atoms with Crippen molar-refractivity contribution in [3.8, 4) is 0 Å².